The number of aromatic nitrogens is 3. The summed E-state index contributed by atoms with van der Waals surface area (Å²) in [6.45, 7) is 7.98. The Morgan fingerprint density at radius 1 is 1.53 bits per heavy atom. The predicted molar refractivity (Wildman–Crippen MR) is 57.5 cm³/mol. The molecule has 0 saturated carbocycles. The number of hydrogen-bond donors (Lipinski definition) is 2. The number of carbonyl (C=O) groups is 1. The van der Waals surface area contributed by atoms with E-state index in [2.05, 4.69) is 34.3 Å². The molecule has 5 heteroatoms. The third-order valence-electron chi connectivity index (χ3n) is 2.36. The fraction of sp³-hybridized carbons (Fsp3) is 0.700. The van der Waals surface area contributed by atoms with Gasteiger partial charge in [0.1, 0.15) is 5.82 Å². The van der Waals surface area contributed by atoms with Crippen LogP contribution in [0.15, 0.2) is 0 Å². The van der Waals surface area contributed by atoms with Crippen molar-refractivity contribution in [2.75, 3.05) is 0 Å². The summed E-state index contributed by atoms with van der Waals surface area (Å²) >= 11 is 0. The maximum absolute atomic E-state index is 11.7. The van der Waals surface area contributed by atoms with Gasteiger partial charge in [-0.2, -0.15) is 0 Å². The molecule has 15 heavy (non-hydrogen) atoms. The summed E-state index contributed by atoms with van der Waals surface area (Å²) in [4.78, 5) is 15.7. The van der Waals surface area contributed by atoms with Crippen molar-refractivity contribution in [3.05, 3.63) is 11.6 Å². The van der Waals surface area contributed by atoms with Gasteiger partial charge in [-0.1, -0.05) is 20.8 Å². The van der Waals surface area contributed by atoms with Crippen LogP contribution in [0.3, 0.4) is 0 Å². The zero-order valence-corrected chi connectivity index (χ0v) is 9.66. The standard InChI is InChI=1S/C10H18N4O/c1-5-8(6(2)3)12-10(15)9-11-7(4)13-14-9/h6,8H,5H2,1-4H3,(H,12,15)(H,11,13,14). The molecule has 1 rings (SSSR count). The normalized spacial score (nSPS) is 12.9. The molecule has 0 radical (unpaired) electrons. The molecule has 0 aliphatic rings. The number of nitrogens with zero attached hydrogens (tertiary/aromatic N) is 2. The van der Waals surface area contributed by atoms with Gasteiger partial charge in [0.05, 0.1) is 0 Å². The van der Waals surface area contributed by atoms with E-state index in [1.165, 1.54) is 0 Å². The maximum atomic E-state index is 11.7. The topological polar surface area (TPSA) is 70.7 Å². The maximum Gasteiger partial charge on any atom is 0.291 e. The van der Waals surface area contributed by atoms with Crippen LogP contribution < -0.4 is 5.32 Å². The van der Waals surface area contributed by atoms with Crippen LogP contribution in [-0.2, 0) is 0 Å². The third kappa shape index (κ3) is 3.04. The van der Waals surface area contributed by atoms with Crippen LogP contribution in [0.2, 0.25) is 0 Å². The van der Waals surface area contributed by atoms with Crippen molar-refractivity contribution in [3.8, 4) is 0 Å². The zero-order valence-electron chi connectivity index (χ0n) is 9.66. The lowest BCUT2D eigenvalue weighted by molar-refractivity contribution is 0.0914. The number of aryl methyl sites for hydroxylation is 1. The Balaban J connectivity index is 2.62. The van der Waals surface area contributed by atoms with Gasteiger partial charge in [0.2, 0.25) is 5.82 Å². The number of rotatable bonds is 4. The lowest BCUT2D eigenvalue weighted by atomic mass is 10.0. The third-order valence-corrected chi connectivity index (χ3v) is 2.36. The average Bonchev–Trinajstić information content (AvgIpc) is 2.60. The Morgan fingerprint density at radius 3 is 2.60 bits per heavy atom. The molecule has 1 heterocycles. The fourth-order valence-electron chi connectivity index (χ4n) is 1.42. The van der Waals surface area contributed by atoms with Crippen LogP contribution in [-0.4, -0.2) is 27.1 Å². The minimum Gasteiger partial charge on any atom is -0.346 e. The molecule has 0 aliphatic heterocycles. The first-order valence-corrected chi connectivity index (χ1v) is 5.24. The molecule has 0 fully saturated rings. The molecule has 0 aliphatic carbocycles. The second-order valence-corrected chi connectivity index (χ2v) is 3.98. The monoisotopic (exact) mass is 210 g/mol. The van der Waals surface area contributed by atoms with Gasteiger partial charge in [-0.25, -0.2) is 4.98 Å². The van der Waals surface area contributed by atoms with Gasteiger partial charge in [-0.05, 0) is 19.3 Å². The van der Waals surface area contributed by atoms with Crippen LogP contribution in [0.4, 0.5) is 0 Å². The summed E-state index contributed by atoms with van der Waals surface area (Å²) in [6.07, 6.45) is 0.910. The van der Waals surface area contributed by atoms with Gasteiger partial charge in [0.25, 0.3) is 5.91 Å². The molecule has 0 bridgehead atoms. The van der Waals surface area contributed by atoms with E-state index >= 15 is 0 Å². The Bertz CT molecular complexity index is 332. The van der Waals surface area contributed by atoms with E-state index in [-0.39, 0.29) is 17.8 Å². The Labute approximate surface area is 89.7 Å². The van der Waals surface area contributed by atoms with Gasteiger partial charge in [-0.15, -0.1) is 5.10 Å². The molecule has 84 valence electrons. The first kappa shape index (κ1) is 11.7. The van der Waals surface area contributed by atoms with Crippen molar-refractivity contribution in [1.82, 2.24) is 20.5 Å². The van der Waals surface area contributed by atoms with Crippen LogP contribution in [0.5, 0.6) is 0 Å². The average molecular weight is 210 g/mol. The van der Waals surface area contributed by atoms with E-state index in [0.717, 1.165) is 6.42 Å². The molecule has 0 spiro atoms. The number of amides is 1. The zero-order chi connectivity index (χ0) is 11.4. The fourth-order valence-corrected chi connectivity index (χ4v) is 1.42. The molecule has 1 atom stereocenters. The van der Waals surface area contributed by atoms with Crippen molar-refractivity contribution in [2.45, 2.75) is 40.2 Å². The second kappa shape index (κ2) is 4.91. The molecule has 1 unspecified atom stereocenters. The Kier molecular flexibility index (Phi) is 3.82. The number of carbonyl (C=O) groups excluding carboxylic acids is 1. The Morgan fingerprint density at radius 2 is 2.20 bits per heavy atom. The van der Waals surface area contributed by atoms with Gasteiger partial charge < -0.3 is 5.32 Å². The highest BCUT2D eigenvalue weighted by atomic mass is 16.2. The molecule has 2 N–H and O–H groups in total. The highest BCUT2D eigenvalue weighted by Crippen LogP contribution is 2.06. The Hall–Kier alpha value is -1.39. The van der Waals surface area contributed by atoms with Crippen LogP contribution in [0.1, 0.15) is 43.6 Å². The lowest BCUT2D eigenvalue weighted by Crippen LogP contribution is -2.38. The highest BCUT2D eigenvalue weighted by molar-refractivity contribution is 5.90. The molecule has 5 nitrogen and oxygen atoms in total. The largest absolute Gasteiger partial charge is 0.346 e. The van der Waals surface area contributed by atoms with E-state index in [0.29, 0.717) is 11.7 Å². The SMILES string of the molecule is CCC(NC(=O)c1n[nH]c(C)n1)C(C)C. The lowest BCUT2D eigenvalue weighted by Gasteiger charge is -2.19. The van der Waals surface area contributed by atoms with E-state index in [4.69, 9.17) is 0 Å². The summed E-state index contributed by atoms with van der Waals surface area (Å²) in [7, 11) is 0. The van der Waals surface area contributed by atoms with Gasteiger partial charge in [0, 0.05) is 6.04 Å². The van der Waals surface area contributed by atoms with Crippen molar-refractivity contribution in [3.63, 3.8) is 0 Å². The molecule has 1 aromatic heterocycles. The van der Waals surface area contributed by atoms with Gasteiger partial charge in [0.15, 0.2) is 0 Å². The summed E-state index contributed by atoms with van der Waals surface area (Å²) in [5, 5.41) is 9.37. The number of nitrogens with one attached hydrogen (secondary N) is 2. The van der Waals surface area contributed by atoms with E-state index in [1.807, 2.05) is 6.92 Å². The first-order valence-electron chi connectivity index (χ1n) is 5.24. The van der Waals surface area contributed by atoms with E-state index < -0.39 is 0 Å². The van der Waals surface area contributed by atoms with E-state index in [1.54, 1.807) is 6.92 Å². The molecule has 0 aromatic carbocycles. The van der Waals surface area contributed by atoms with Gasteiger partial charge >= 0.3 is 0 Å². The van der Waals surface area contributed by atoms with Crippen molar-refractivity contribution >= 4 is 5.91 Å². The summed E-state index contributed by atoms with van der Waals surface area (Å²) in [6, 6.07) is 0.177. The minimum atomic E-state index is -0.208. The van der Waals surface area contributed by atoms with Crippen LogP contribution in [0, 0.1) is 12.8 Å². The number of hydrogen-bond acceptors (Lipinski definition) is 3. The quantitative estimate of drug-likeness (QED) is 0.786. The minimum absolute atomic E-state index is 0.177. The van der Waals surface area contributed by atoms with Crippen LogP contribution >= 0.6 is 0 Å². The van der Waals surface area contributed by atoms with Crippen molar-refractivity contribution < 1.29 is 4.79 Å². The summed E-state index contributed by atoms with van der Waals surface area (Å²) in [5.41, 5.74) is 0. The summed E-state index contributed by atoms with van der Waals surface area (Å²) in [5.74, 6) is 1.07. The van der Waals surface area contributed by atoms with Crippen LogP contribution in [0.25, 0.3) is 0 Å². The smallest absolute Gasteiger partial charge is 0.291 e. The number of aromatic amines is 1. The highest BCUT2D eigenvalue weighted by Gasteiger charge is 2.17. The molecular weight excluding hydrogens is 192 g/mol. The molecular formula is C10H18N4O. The van der Waals surface area contributed by atoms with E-state index in [9.17, 15) is 4.79 Å². The van der Waals surface area contributed by atoms with Crippen molar-refractivity contribution in [1.29, 1.82) is 0 Å². The van der Waals surface area contributed by atoms with Crippen molar-refractivity contribution in [2.24, 2.45) is 5.92 Å². The molecule has 0 saturated heterocycles. The number of H-pyrrole nitrogens is 1. The first-order chi connectivity index (χ1) is 7.04. The molecule has 1 amide bonds. The second-order valence-electron chi connectivity index (χ2n) is 3.98. The predicted octanol–water partition coefficient (Wildman–Crippen LogP) is 1.28. The van der Waals surface area contributed by atoms with Gasteiger partial charge in [-0.3, -0.25) is 9.89 Å². The summed E-state index contributed by atoms with van der Waals surface area (Å²) < 4.78 is 0. The molecule has 1 aromatic rings.